The van der Waals surface area contributed by atoms with Crippen LogP contribution in [0, 0.1) is 5.92 Å². The molecule has 23 heavy (non-hydrogen) atoms. The van der Waals surface area contributed by atoms with Gasteiger partial charge in [0.1, 0.15) is 0 Å². The molecule has 3 nitrogen and oxygen atoms in total. The number of carbonyl (C=O) groups is 1. The van der Waals surface area contributed by atoms with E-state index in [0.717, 1.165) is 50.8 Å². The Labute approximate surface area is 140 Å². The fraction of sp³-hybridized carbons (Fsp3) is 0.650. The third-order valence-electron chi connectivity index (χ3n) is 5.42. The summed E-state index contributed by atoms with van der Waals surface area (Å²) in [7, 11) is 0. The van der Waals surface area contributed by atoms with Gasteiger partial charge in [0, 0.05) is 24.2 Å². The molecular weight excluding hydrogens is 284 g/mol. The van der Waals surface area contributed by atoms with E-state index < -0.39 is 0 Å². The third-order valence-corrected chi connectivity index (χ3v) is 5.42. The number of amides is 1. The molecule has 1 amide bonds. The van der Waals surface area contributed by atoms with Crippen LogP contribution in [0.4, 0.5) is 5.69 Å². The number of nitrogens with two attached hydrogens (primary N) is 1. The van der Waals surface area contributed by atoms with Gasteiger partial charge in [-0.25, -0.2) is 0 Å². The molecule has 0 bridgehead atoms. The first kappa shape index (κ1) is 16.5. The molecule has 0 aromatic heterocycles. The van der Waals surface area contributed by atoms with Gasteiger partial charge in [-0.05, 0) is 49.3 Å². The average Bonchev–Trinajstić information content (AvgIpc) is 2.98. The van der Waals surface area contributed by atoms with Crippen molar-refractivity contribution in [3.05, 3.63) is 29.3 Å². The molecule has 0 spiro atoms. The Bertz CT molecular complexity index is 549. The first-order valence-electron chi connectivity index (χ1n) is 9.37. The van der Waals surface area contributed by atoms with Gasteiger partial charge >= 0.3 is 0 Å². The lowest BCUT2D eigenvalue weighted by atomic mass is 9.88. The number of hydrogen-bond acceptors (Lipinski definition) is 2. The quantitative estimate of drug-likeness (QED) is 0.898. The topological polar surface area (TPSA) is 46.3 Å². The van der Waals surface area contributed by atoms with Crippen molar-refractivity contribution in [1.29, 1.82) is 0 Å². The van der Waals surface area contributed by atoms with Gasteiger partial charge in [-0.1, -0.05) is 44.7 Å². The van der Waals surface area contributed by atoms with Gasteiger partial charge < -0.3 is 10.6 Å². The van der Waals surface area contributed by atoms with Crippen LogP contribution in [0.15, 0.2) is 18.2 Å². The van der Waals surface area contributed by atoms with E-state index in [-0.39, 0.29) is 12.0 Å². The number of rotatable bonds is 5. The molecule has 1 fully saturated rings. The van der Waals surface area contributed by atoms with Crippen molar-refractivity contribution in [2.45, 2.75) is 70.8 Å². The summed E-state index contributed by atoms with van der Waals surface area (Å²) >= 11 is 0. The molecule has 1 atom stereocenters. The van der Waals surface area contributed by atoms with Crippen molar-refractivity contribution < 1.29 is 4.79 Å². The molecule has 2 aliphatic rings. The maximum absolute atomic E-state index is 12.8. The van der Waals surface area contributed by atoms with Crippen LogP contribution in [-0.4, -0.2) is 18.5 Å². The second-order valence-electron chi connectivity index (χ2n) is 7.29. The first-order chi connectivity index (χ1) is 11.2. The van der Waals surface area contributed by atoms with E-state index in [2.05, 4.69) is 25.1 Å². The molecule has 2 N–H and O–H groups in total. The summed E-state index contributed by atoms with van der Waals surface area (Å²) in [6, 6.07) is 6.84. The van der Waals surface area contributed by atoms with Gasteiger partial charge in [-0.2, -0.15) is 0 Å². The van der Waals surface area contributed by atoms with Crippen LogP contribution in [0.25, 0.3) is 0 Å². The largest absolute Gasteiger partial charge is 0.327 e. The van der Waals surface area contributed by atoms with E-state index in [1.807, 2.05) is 4.90 Å². The number of carbonyl (C=O) groups excluding carboxylic acids is 1. The molecule has 126 valence electrons. The number of fused-ring (bicyclic) bond motifs is 1. The lowest BCUT2D eigenvalue weighted by Crippen LogP contribution is -2.35. The van der Waals surface area contributed by atoms with E-state index >= 15 is 0 Å². The summed E-state index contributed by atoms with van der Waals surface area (Å²) in [4.78, 5) is 14.9. The summed E-state index contributed by atoms with van der Waals surface area (Å²) in [5.74, 6) is 0.617. The molecule has 1 unspecified atom stereocenters. The van der Waals surface area contributed by atoms with E-state index in [4.69, 9.17) is 5.73 Å². The van der Waals surface area contributed by atoms with E-state index in [9.17, 15) is 4.79 Å². The Kier molecular flexibility index (Phi) is 5.37. The number of anilines is 1. The summed E-state index contributed by atoms with van der Waals surface area (Å²) < 4.78 is 0. The molecule has 0 saturated heterocycles. The molecule has 3 rings (SSSR count). The molecule has 1 aromatic carbocycles. The summed E-state index contributed by atoms with van der Waals surface area (Å²) in [5.41, 5.74) is 9.96. The second-order valence-corrected chi connectivity index (χ2v) is 7.29. The molecule has 0 radical (unpaired) electrons. The molecule has 1 aromatic rings. The lowest BCUT2D eigenvalue weighted by Gasteiger charge is -2.26. The van der Waals surface area contributed by atoms with Gasteiger partial charge in [0.05, 0.1) is 0 Å². The highest BCUT2D eigenvalue weighted by Gasteiger charge is 2.30. The van der Waals surface area contributed by atoms with E-state index in [1.54, 1.807) is 0 Å². The SMILES string of the molecule is CCCC(N)Cc1ccc2c(c1)CCN2C(=O)C1CCCCC1. The Morgan fingerprint density at radius 3 is 2.83 bits per heavy atom. The highest BCUT2D eigenvalue weighted by atomic mass is 16.2. The van der Waals surface area contributed by atoms with Crippen molar-refractivity contribution in [2.24, 2.45) is 11.7 Å². The number of benzene rings is 1. The van der Waals surface area contributed by atoms with Crippen LogP contribution in [-0.2, 0) is 17.6 Å². The van der Waals surface area contributed by atoms with Crippen molar-refractivity contribution in [2.75, 3.05) is 11.4 Å². The summed E-state index contributed by atoms with van der Waals surface area (Å²) in [5, 5.41) is 0. The van der Waals surface area contributed by atoms with E-state index in [0.29, 0.717) is 5.91 Å². The van der Waals surface area contributed by atoms with Gasteiger partial charge in [0.15, 0.2) is 0 Å². The molecule has 1 aliphatic carbocycles. The van der Waals surface area contributed by atoms with Crippen LogP contribution in [0.5, 0.6) is 0 Å². The number of hydrogen-bond donors (Lipinski definition) is 1. The Morgan fingerprint density at radius 2 is 2.09 bits per heavy atom. The molecule has 1 saturated carbocycles. The van der Waals surface area contributed by atoms with Gasteiger partial charge in [-0.3, -0.25) is 4.79 Å². The first-order valence-corrected chi connectivity index (χ1v) is 9.37. The van der Waals surface area contributed by atoms with Crippen molar-refractivity contribution in [3.8, 4) is 0 Å². The van der Waals surface area contributed by atoms with Crippen LogP contribution in [0.1, 0.15) is 63.0 Å². The summed E-state index contributed by atoms with van der Waals surface area (Å²) in [6.45, 7) is 3.03. The third kappa shape index (κ3) is 3.77. The maximum Gasteiger partial charge on any atom is 0.230 e. The van der Waals surface area contributed by atoms with Crippen LogP contribution in [0.2, 0.25) is 0 Å². The zero-order valence-electron chi connectivity index (χ0n) is 14.4. The molecule has 1 aliphatic heterocycles. The molecule has 3 heteroatoms. The van der Waals surface area contributed by atoms with Gasteiger partial charge in [-0.15, -0.1) is 0 Å². The Morgan fingerprint density at radius 1 is 1.30 bits per heavy atom. The number of nitrogens with zero attached hydrogens (tertiary/aromatic N) is 1. The molecular formula is C20H30N2O. The monoisotopic (exact) mass is 314 g/mol. The van der Waals surface area contributed by atoms with Gasteiger partial charge in [0.25, 0.3) is 0 Å². The predicted molar refractivity (Wildman–Crippen MR) is 95.7 cm³/mol. The Hall–Kier alpha value is -1.35. The maximum atomic E-state index is 12.8. The van der Waals surface area contributed by atoms with E-state index in [1.165, 1.54) is 30.4 Å². The average molecular weight is 314 g/mol. The zero-order valence-corrected chi connectivity index (χ0v) is 14.4. The fourth-order valence-electron chi connectivity index (χ4n) is 4.16. The smallest absolute Gasteiger partial charge is 0.230 e. The minimum absolute atomic E-state index is 0.249. The second kappa shape index (κ2) is 7.48. The standard InChI is InChI=1S/C20H30N2O/c1-2-6-18(21)14-15-9-10-19-17(13-15)11-12-22(19)20(23)16-7-4-3-5-8-16/h9-10,13,16,18H,2-8,11-12,14,21H2,1H3. The minimum atomic E-state index is 0.249. The highest BCUT2D eigenvalue weighted by Crippen LogP contribution is 2.33. The van der Waals surface area contributed by atoms with Crippen LogP contribution >= 0.6 is 0 Å². The Balaban J connectivity index is 1.69. The van der Waals surface area contributed by atoms with Crippen LogP contribution in [0.3, 0.4) is 0 Å². The van der Waals surface area contributed by atoms with Crippen molar-refractivity contribution in [1.82, 2.24) is 0 Å². The molecule has 1 heterocycles. The normalized spacial score (nSPS) is 19.7. The highest BCUT2D eigenvalue weighted by molar-refractivity contribution is 5.97. The van der Waals surface area contributed by atoms with Crippen LogP contribution < -0.4 is 10.6 Å². The zero-order chi connectivity index (χ0) is 16.2. The van der Waals surface area contributed by atoms with Crippen molar-refractivity contribution in [3.63, 3.8) is 0 Å². The minimum Gasteiger partial charge on any atom is -0.327 e. The van der Waals surface area contributed by atoms with Gasteiger partial charge in [0.2, 0.25) is 5.91 Å². The lowest BCUT2D eigenvalue weighted by molar-refractivity contribution is -0.123. The predicted octanol–water partition coefficient (Wildman–Crippen LogP) is 3.83. The fourth-order valence-corrected chi connectivity index (χ4v) is 4.16. The van der Waals surface area contributed by atoms with Crippen molar-refractivity contribution >= 4 is 11.6 Å². The summed E-state index contributed by atoms with van der Waals surface area (Å²) in [6.07, 6.45) is 10.0.